The fraction of sp³-hybridized carbons (Fsp3) is 0.222. The highest BCUT2D eigenvalue weighted by molar-refractivity contribution is 7.90. The Morgan fingerprint density at radius 3 is 2.86 bits per heavy atom. The summed E-state index contributed by atoms with van der Waals surface area (Å²) in [6.45, 7) is 0.558. The first kappa shape index (κ1) is 18.8. The number of benzene rings is 2. The fourth-order valence-electron chi connectivity index (χ4n) is 3.32. The van der Waals surface area contributed by atoms with Gasteiger partial charge in [0.05, 0.1) is 7.11 Å². The summed E-state index contributed by atoms with van der Waals surface area (Å²) in [5.41, 5.74) is 3.64. The van der Waals surface area contributed by atoms with Crippen LogP contribution in [0.3, 0.4) is 0 Å². The summed E-state index contributed by atoms with van der Waals surface area (Å²) in [5, 5.41) is 0.232. The number of methoxy groups -OCH3 is 1. The van der Waals surface area contributed by atoms with Crippen molar-refractivity contribution in [3.8, 4) is 16.9 Å². The number of halogens is 1. The molecule has 0 bridgehead atoms. The lowest BCUT2D eigenvalue weighted by Crippen LogP contribution is -2.39. The number of rotatable bonds is 5. The highest BCUT2D eigenvalue weighted by atomic mass is 32.2. The molecular formula is C18H17FN4O3S2. The van der Waals surface area contributed by atoms with E-state index in [0.29, 0.717) is 18.7 Å². The summed E-state index contributed by atoms with van der Waals surface area (Å²) >= 11 is 0.982. The van der Waals surface area contributed by atoms with Crippen LogP contribution in [0.2, 0.25) is 0 Å². The first-order valence-corrected chi connectivity index (χ1v) is 10.7. The van der Waals surface area contributed by atoms with Crippen LogP contribution in [0.15, 0.2) is 42.7 Å². The average molecular weight is 420 g/mol. The lowest BCUT2D eigenvalue weighted by molar-refractivity contribution is 0.394. The van der Waals surface area contributed by atoms with Crippen molar-refractivity contribution in [1.82, 2.24) is 13.7 Å². The van der Waals surface area contributed by atoms with Gasteiger partial charge in [-0.3, -0.25) is 0 Å². The molecule has 1 aromatic heterocycles. The lowest BCUT2D eigenvalue weighted by atomic mass is 9.91. The summed E-state index contributed by atoms with van der Waals surface area (Å²) in [4.78, 5) is 3.87. The lowest BCUT2D eigenvalue weighted by Gasteiger charge is -2.29. The third kappa shape index (κ3) is 3.58. The number of aromatic nitrogens is 2. The topological polar surface area (TPSA) is 84.4 Å². The monoisotopic (exact) mass is 420 g/mol. The molecule has 0 unspecified atom stereocenters. The van der Waals surface area contributed by atoms with Crippen molar-refractivity contribution in [2.24, 2.45) is 0 Å². The second-order valence-corrected chi connectivity index (χ2v) is 8.68. The van der Waals surface area contributed by atoms with Gasteiger partial charge in [0.1, 0.15) is 17.9 Å². The largest absolute Gasteiger partial charge is 0.496 e. The van der Waals surface area contributed by atoms with E-state index in [1.165, 1.54) is 29.9 Å². The van der Waals surface area contributed by atoms with E-state index in [4.69, 9.17) is 4.74 Å². The highest BCUT2D eigenvalue weighted by Crippen LogP contribution is 2.36. The Kier molecular flexibility index (Phi) is 5.00. The molecule has 146 valence electrons. The van der Waals surface area contributed by atoms with Gasteiger partial charge in [0, 0.05) is 36.3 Å². The minimum atomic E-state index is -3.73. The Hall–Kier alpha value is -2.56. The average Bonchev–Trinajstić information content (AvgIpc) is 3.19. The van der Waals surface area contributed by atoms with Gasteiger partial charge in [-0.25, -0.2) is 14.1 Å². The summed E-state index contributed by atoms with van der Waals surface area (Å²) in [6, 6.07) is 10.1. The van der Waals surface area contributed by atoms with Crippen molar-refractivity contribution in [3.63, 3.8) is 0 Å². The van der Waals surface area contributed by atoms with E-state index in [1.54, 1.807) is 6.07 Å². The minimum Gasteiger partial charge on any atom is -0.496 e. The maximum atomic E-state index is 13.6. The van der Waals surface area contributed by atoms with Crippen molar-refractivity contribution in [2.45, 2.75) is 13.0 Å². The Balaban J connectivity index is 1.66. The molecule has 3 aromatic rings. The van der Waals surface area contributed by atoms with Gasteiger partial charge in [0.15, 0.2) is 0 Å². The van der Waals surface area contributed by atoms with Crippen LogP contribution in [0.1, 0.15) is 11.1 Å². The van der Waals surface area contributed by atoms with Gasteiger partial charge < -0.3 is 4.74 Å². The predicted octanol–water partition coefficient (Wildman–Crippen LogP) is 3.07. The normalized spacial score (nSPS) is 14.5. The summed E-state index contributed by atoms with van der Waals surface area (Å²) in [6.07, 6.45) is 1.83. The van der Waals surface area contributed by atoms with E-state index in [1.807, 2.05) is 18.2 Å². The Labute approximate surface area is 166 Å². The van der Waals surface area contributed by atoms with E-state index in [0.717, 1.165) is 33.8 Å². The van der Waals surface area contributed by atoms with Crippen molar-refractivity contribution < 1.29 is 17.5 Å². The molecule has 1 aliphatic heterocycles. The second kappa shape index (κ2) is 7.46. The Morgan fingerprint density at radius 1 is 1.25 bits per heavy atom. The van der Waals surface area contributed by atoms with Gasteiger partial charge in [0.25, 0.3) is 0 Å². The molecule has 28 heavy (non-hydrogen) atoms. The van der Waals surface area contributed by atoms with E-state index in [2.05, 4.69) is 14.1 Å². The van der Waals surface area contributed by atoms with Crippen LogP contribution in [0, 0.1) is 5.82 Å². The third-order valence-electron chi connectivity index (χ3n) is 4.60. The molecule has 0 aliphatic carbocycles. The summed E-state index contributed by atoms with van der Waals surface area (Å²) < 4.78 is 51.8. The molecule has 7 nitrogen and oxygen atoms in total. The number of nitrogens with one attached hydrogen (secondary N) is 1. The van der Waals surface area contributed by atoms with Crippen LogP contribution in [0.4, 0.5) is 9.52 Å². The second-order valence-electron chi connectivity index (χ2n) is 6.22. The number of hydrogen-bond acceptors (Lipinski definition) is 6. The molecule has 2 heterocycles. The van der Waals surface area contributed by atoms with Crippen LogP contribution >= 0.6 is 11.5 Å². The molecule has 1 N–H and O–H groups in total. The van der Waals surface area contributed by atoms with Gasteiger partial charge >= 0.3 is 10.2 Å². The van der Waals surface area contributed by atoms with Crippen molar-refractivity contribution in [2.75, 3.05) is 18.4 Å². The maximum absolute atomic E-state index is 13.6. The molecular weight excluding hydrogens is 403 g/mol. The van der Waals surface area contributed by atoms with Crippen LogP contribution in [0.25, 0.3) is 11.1 Å². The van der Waals surface area contributed by atoms with Gasteiger partial charge in [-0.05, 0) is 35.2 Å². The number of anilines is 1. The molecule has 0 saturated heterocycles. The Bertz CT molecular complexity index is 1100. The van der Waals surface area contributed by atoms with E-state index in [9.17, 15) is 12.8 Å². The molecule has 0 atom stereocenters. The molecule has 0 radical (unpaired) electrons. The molecule has 0 fully saturated rings. The highest BCUT2D eigenvalue weighted by Gasteiger charge is 2.29. The maximum Gasteiger partial charge on any atom is 0.303 e. The van der Waals surface area contributed by atoms with E-state index in [-0.39, 0.29) is 17.5 Å². The van der Waals surface area contributed by atoms with Gasteiger partial charge in [-0.15, -0.1) is 0 Å². The number of ether oxygens (including phenoxy) is 1. The van der Waals surface area contributed by atoms with E-state index >= 15 is 0 Å². The summed E-state index contributed by atoms with van der Waals surface area (Å²) in [7, 11) is -2.23. The zero-order valence-electron chi connectivity index (χ0n) is 14.9. The van der Waals surface area contributed by atoms with Crippen molar-refractivity contribution in [1.29, 1.82) is 0 Å². The fourth-order valence-corrected chi connectivity index (χ4v) is 5.12. The number of fused-ring (bicyclic) bond motifs is 1. The molecule has 0 amide bonds. The Morgan fingerprint density at radius 2 is 2.11 bits per heavy atom. The van der Waals surface area contributed by atoms with Crippen LogP contribution < -0.4 is 9.46 Å². The van der Waals surface area contributed by atoms with Crippen LogP contribution in [-0.2, 0) is 23.2 Å². The van der Waals surface area contributed by atoms with Gasteiger partial charge in [-0.1, -0.05) is 18.2 Å². The third-order valence-corrected chi connectivity index (χ3v) is 6.75. The molecule has 0 saturated carbocycles. The SMILES string of the molecule is COc1cc(F)ccc1-c1cccc2c1CCN(S(=O)(=O)Nc1ncns1)C2. The van der Waals surface area contributed by atoms with E-state index < -0.39 is 10.2 Å². The quantitative estimate of drug-likeness (QED) is 0.686. The minimum absolute atomic E-state index is 0.232. The first-order chi connectivity index (χ1) is 13.5. The van der Waals surface area contributed by atoms with Crippen molar-refractivity contribution in [3.05, 3.63) is 59.7 Å². The standard InChI is InChI=1S/C18H17FN4O3S2/c1-26-17-9-13(19)5-6-16(17)15-4-2-3-12-10-23(8-7-14(12)15)28(24,25)22-18-20-11-21-27-18/h2-6,9,11H,7-8,10H2,1H3,(H,20,21,22). The van der Waals surface area contributed by atoms with Crippen LogP contribution in [0.5, 0.6) is 5.75 Å². The zero-order chi connectivity index (χ0) is 19.7. The molecule has 10 heteroatoms. The smallest absolute Gasteiger partial charge is 0.303 e. The van der Waals surface area contributed by atoms with Gasteiger partial charge in [0.2, 0.25) is 5.13 Å². The zero-order valence-corrected chi connectivity index (χ0v) is 16.6. The molecule has 4 rings (SSSR count). The van der Waals surface area contributed by atoms with Crippen LogP contribution in [-0.4, -0.2) is 35.7 Å². The van der Waals surface area contributed by atoms with Crippen molar-refractivity contribution >= 4 is 26.9 Å². The molecule has 0 spiro atoms. The molecule has 1 aliphatic rings. The summed E-state index contributed by atoms with van der Waals surface area (Å²) in [5.74, 6) is 0.0757. The van der Waals surface area contributed by atoms with Gasteiger partial charge in [-0.2, -0.15) is 17.1 Å². The predicted molar refractivity (Wildman–Crippen MR) is 105 cm³/mol. The molecule has 2 aromatic carbocycles. The first-order valence-electron chi connectivity index (χ1n) is 8.47. The number of nitrogens with zero attached hydrogens (tertiary/aromatic N) is 3. The number of hydrogen-bond donors (Lipinski definition) is 1.